The Morgan fingerprint density at radius 2 is 1.65 bits per heavy atom. The Hall–Kier alpha value is -3.92. The summed E-state index contributed by atoms with van der Waals surface area (Å²) in [5.74, 6) is -0.449. The van der Waals surface area contributed by atoms with Gasteiger partial charge in [-0.1, -0.05) is 29.8 Å². The van der Waals surface area contributed by atoms with Crippen LogP contribution in [0.3, 0.4) is 0 Å². The zero-order chi connectivity index (χ0) is 24.7. The number of hydrazone groups is 1. The predicted octanol–water partition coefficient (Wildman–Crippen LogP) is 3.50. The molecule has 178 valence electrons. The van der Waals surface area contributed by atoms with E-state index in [0.717, 1.165) is 9.87 Å². The standard InChI is InChI=1S/C24H24FN3O5S/c1-17-4-10-20(11-5-17)28(16-24(29)27-26-15-18-6-8-19(25)9-7-18)34(30,31)21-12-13-22(32-2)23(14-21)33-3/h4-15H,16H2,1-3H3,(H,27,29)/b26-15-. The maximum Gasteiger partial charge on any atom is 0.264 e. The summed E-state index contributed by atoms with van der Waals surface area (Å²) in [6.07, 6.45) is 1.33. The van der Waals surface area contributed by atoms with Gasteiger partial charge in [0.25, 0.3) is 15.9 Å². The van der Waals surface area contributed by atoms with Crippen molar-refractivity contribution in [2.75, 3.05) is 25.1 Å². The largest absolute Gasteiger partial charge is 0.493 e. The highest BCUT2D eigenvalue weighted by atomic mass is 32.2. The van der Waals surface area contributed by atoms with Crippen molar-refractivity contribution >= 4 is 27.8 Å². The third-order valence-electron chi connectivity index (χ3n) is 4.83. The van der Waals surface area contributed by atoms with E-state index in [1.807, 2.05) is 6.92 Å². The molecule has 1 amide bonds. The quantitative estimate of drug-likeness (QED) is 0.370. The number of benzene rings is 3. The Labute approximate surface area is 197 Å². The van der Waals surface area contributed by atoms with Crippen LogP contribution in [0.5, 0.6) is 11.5 Å². The lowest BCUT2D eigenvalue weighted by atomic mass is 10.2. The number of hydrogen-bond acceptors (Lipinski definition) is 6. The second kappa shape index (κ2) is 10.8. The molecule has 0 heterocycles. The average Bonchev–Trinajstić information content (AvgIpc) is 2.84. The van der Waals surface area contributed by atoms with Crippen LogP contribution in [-0.4, -0.2) is 41.3 Å². The summed E-state index contributed by atoms with van der Waals surface area (Å²) in [7, 11) is -1.31. The molecular weight excluding hydrogens is 461 g/mol. The number of hydrogen-bond donors (Lipinski definition) is 1. The second-order valence-electron chi connectivity index (χ2n) is 7.21. The fraction of sp³-hybridized carbons (Fsp3) is 0.167. The first-order chi connectivity index (χ1) is 16.2. The van der Waals surface area contributed by atoms with E-state index in [1.54, 1.807) is 24.3 Å². The molecule has 3 aromatic carbocycles. The third-order valence-corrected chi connectivity index (χ3v) is 6.59. The number of methoxy groups -OCH3 is 2. The number of rotatable bonds is 9. The van der Waals surface area contributed by atoms with Gasteiger partial charge in [-0.2, -0.15) is 5.10 Å². The van der Waals surface area contributed by atoms with Gasteiger partial charge in [0.2, 0.25) is 0 Å². The molecule has 0 fully saturated rings. The smallest absolute Gasteiger partial charge is 0.264 e. The van der Waals surface area contributed by atoms with Gasteiger partial charge in [-0.25, -0.2) is 18.2 Å². The summed E-state index contributed by atoms with van der Waals surface area (Å²) >= 11 is 0. The first kappa shape index (κ1) is 24.7. The van der Waals surface area contributed by atoms with Crippen LogP contribution in [-0.2, 0) is 14.8 Å². The van der Waals surface area contributed by atoms with Crippen molar-refractivity contribution in [1.29, 1.82) is 0 Å². The first-order valence-electron chi connectivity index (χ1n) is 10.1. The number of ether oxygens (including phenoxy) is 2. The molecule has 3 aromatic rings. The second-order valence-corrected chi connectivity index (χ2v) is 9.07. The van der Waals surface area contributed by atoms with Crippen LogP contribution in [0.1, 0.15) is 11.1 Å². The van der Waals surface area contributed by atoms with Crippen LogP contribution in [0, 0.1) is 12.7 Å². The molecule has 0 aliphatic carbocycles. The molecule has 0 unspecified atom stereocenters. The van der Waals surface area contributed by atoms with Crippen molar-refractivity contribution in [3.63, 3.8) is 0 Å². The summed E-state index contributed by atoms with van der Waals surface area (Å²) < 4.78 is 51.5. The van der Waals surface area contributed by atoms with Crippen molar-refractivity contribution in [1.82, 2.24) is 5.43 Å². The van der Waals surface area contributed by atoms with Gasteiger partial charge in [0.05, 0.1) is 31.0 Å². The Morgan fingerprint density at radius 3 is 2.26 bits per heavy atom. The van der Waals surface area contributed by atoms with E-state index in [0.29, 0.717) is 17.0 Å². The molecule has 0 saturated heterocycles. The predicted molar refractivity (Wildman–Crippen MR) is 127 cm³/mol. The topological polar surface area (TPSA) is 97.3 Å². The van der Waals surface area contributed by atoms with Gasteiger partial charge in [0.15, 0.2) is 11.5 Å². The van der Waals surface area contributed by atoms with Crippen LogP contribution < -0.4 is 19.2 Å². The van der Waals surface area contributed by atoms with Gasteiger partial charge in [-0.05, 0) is 48.9 Å². The van der Waals surface area contributed by atoms with Crippen LogP contribution in [0.4, 0.5) is 10.1 Å². The highest BCUT2D eigenvalue weighted by Gasteiger charge is 2.28. The van der Waals surface area contributed by atoms with E-state index in [2.05, 4.69) is 10.5 Å². The van der Waals surface area contributed by atoms with Gasteiger partial charge < -0.3 is 9.47 Å². The molecule has 0 aromatic heterocycles. The van der Waals surface area contributed by atoms with E-state index < -0.39 is 28.3 Å². The molecule has 1 N–H and O–H groups in total. The number of carbonyl (C=O) groups is 1. The van der Waals surface area contributed by atoms with Gasteiger partial charge in [-0.3, -0.25) is 9.10 Å². The third kappa shape index (κ3) is 5.90. The van der Waals surface area contributed by atoms with Crippen molar-refractivity contribution < 1.29 is 27.1 Å². The molecular formula is C24H24FN3O5S. The Balaban J connectivity index is 1.88. The normalized spacial score (nSPS) is 11.3. The Morgan fingerprint density at radius 1 is 1.00 bits per heavy atom. The maximum absolute atomic E-state index is 13.5. The number of sulfonamides is 1. The Kier molecular flexibility index (Phi) is 7.85. The van der Waals surface area contributed by atoms with Crippen LogP contribution >= 0.6 is 0 Å². The number of anilines is 1. The minimum absolute atomic E-state index is 0.0756. The number of nitrogens with one attached hydrogen (secondary N) is 1. The fourth-order valence-electron chi connectivity index (χ4n) is 3.02. The van der Waals surface area contributed by atoms with Crippen LogP contribution in [0.15, 0.2) is 76.7 Å². The minimum atomic E-state index is -4.16. The summed E-state index contributed by atoms with van der Waals surface area (Å²) in [6, 6.07) is 16.4. The SMILES string of the molecule is COc1ccc(S(=O)(=O)N(CC(=O)N/N=C\c2ccc(F)cc2)c2ccc(C)cc2)cc1OC. The molecule has 0 aliphatic heterocycles. The molecule has 0 saturated carbocycles. The molecule has 0 radical (unpaired) electrons. The van der Waals surface area contributed by atoms with E-state index in [4.69, 9.17) is 9.47 Å². The van der Waals surface area contributed by atoms with E-state index in [-0.39, 0.29) is 10.6 Å². The Bertz CT molecular complexity index is 1280. The molecule has 10 heteroatoms. The molecule has 34 heavy (non-hydrogen) atoms. The summed E-state index contributed by atoms with van der Waals surface area (Å²) in [5.41, 5.74) is 4.11. The van der Waals surface area contributed by atoms with Gasteiger partial charge >= 0.3 is 0 Å². The van der Waals surface area contributed by atoms with Crippen molar-refractivity contribution in [2.24, 2.45) is 5.10 Å². The van der Waals surface area contributed by atoms with Crippen molar-refractivity contribution in [3.05, 3.63) is 83.7 Å². The number of amides is 1. The van der Waals surface area contributed by atoms with Crippen LogP contribution in [0.25, 0.3) is 0 Å². The highest BCUT2D eigenvalue weighted by Crippen LogP contribution is 2.32. The molecule has 8 nitrogen and oxygen atoms in total. The number of aryl methyl sites for hydroxylation is 1. The molecule has 0 spiro atoms. The maximum atomic E-state index is 13.5. The van der Waals surface area contributed by atoms with E-state index in [9.17, 15) is 17.6 Å². The summed E-state index contributed by atoms with van der Waals surface area (Å²) in [5, 5.41) is 3.83. The van der Waals surface area contributed by atoms with E-state index >= 15 is 0 Å². The monoisotopic (exact) mass is 485 g/mol. The molecule has 3 rings (SSSR count). The average molecular weight is 486 g/mol. The highest BCUT2D eigenvalue weighted by molar-refractivity contribution is 7.92. The number of carbonyl (C=O) groups excluding carboxylic acids is 1. The zero-order valence-electron chi connectivity index (χ0n) is 18.9. The summed E-state index contributed by atoms with van der Waals surface area (Å²) in [4.78, 5) is 12.5. The zero-order valence-corrected chi connectivity index (χ0v) is 19.7. The lowest BCUT2D eigenvalue weighted by molar-refractivity contribution is -0.119. The van der Waals surface area contributed by atoms with E-state index in [1.165, 1.54) is 62.9 Å². The molecule has 0 aliphatic rings. The van der Waals surface area contributed by atoms with Gasteiger partial charge in [0, 0.05) is 6.07 Å². The van der Waals surface area contributed by atoms with Crippen molar-refractivity contribution in [3.8, 4) is 11.5 Å². The minimum Gasteiger partial charge on any atom is -0.493 e. The molecule has 0 bridgehead atoms. The van der Waals surface area contributed by atoms with Gasteiger partial charge in [0.1, 0.15) is 12.4 Å². The lowest BCUT2D eigenvalue weighted by Gasteiger charge is -2.24. The number of halogens is 1. The first-order valence-corrected chi connectivity index (χ1v) is 11.6. The van der Waals surface area contributed by atoms with Crippen molar-refractivity contribution in [2.45, 2.75) is 11.8 Å². The lowest BCUT2D eigenvalue weighted by Crippen LogP contribution is -2.39. The fourth-order valence-corrected chi connectivity index (χ4v) is 4.46. The number of nitrogens with zero attached hydrogens (tertiary/aromatic N) is 2. The molecule has 0 atom stereocenters. The van der Waals surface area contributed by atoms with Gasteiger partial charge in [-0.15, -0.1) is 0 Å². The van der Waals surface area contributed by atoms with Crippen LogP contribution in [0.2, 0.25) is 0 Å². The summed E-state index contributed by atoms with van der Waals surface area (Å²) in [6.45, 7) is 1.34.